The van der Waals surface area contributed by atoms with E-state index in [1.807, 2.05) is 31.2 Å². The highest BCUT2D eigenvalue weighted by Crippen LogP contribution is 2.27. The zero-order chi connectivity index (χ0) is 14.6. The monoisotopic (exact) mass is 315 g/mol. The van der Waals surface area contributed by atoms with Crippen molar-refractivity contribution in [2.45, 2.75) is 25.3 Å². The first-order valence-electron chi connectivity index (χ1n) is 6.79. The van der Waals surface area contributed by atoms with Gasteiger partial charge in [-0.15, -0.1) is 23.2 Å². The third kappa shape index (κ3) is 3.21. The molecule has 5 heteroatoms. The first-order valence-corrected chi connectivity index (χ1v) is 7.85. The smallest absolute Gasteiger partial charge is 0.227 e. The second-order valence-corrected chi connectivity index (χ2v) is 5.74. The van der Waals surface area contributed by atoms with E-state index in [-0.39, 0.29) is 11.8 Å². The number of carbonyl (C=O) groups excluding carboxylic acids is 1. The van der Waals surface area contributed by atoms with Gasteiger partial charge in [0.05, 0.1) is 11.5 Å². The number of carbonyl (C=O) groups is 1. The van der Waals surface area contributed by atoms with Crippen LogP contribution in [0.2, 0.25) is 0 Å². The molecule has 3 nitrogen and oxygen atoms in total. The summed E-state index contributed by atoms with van der Waals surface area (Å²) in [5, 5.41) is 3.00. The zero-order valence-electron chi connectivity index (χ0n) is 11.5. The predicted molar refractivity (Wildman–Crippen MR) is 81.7 cm³/mol. The maximum Gasteiger partial charge on any atom is 0.227 e. The van der Waals surface area contributed by atoms with Crippen molar-refractivity contribution in [3.63, 3.8) is 0 Å². The van der Waals surface area contributed by atoms with Gasteiger partial charge in [-0.05, 0) is 24.5 Å². The van der Waals surface area contributed by atoms with Crippen molar-refractivity contribution in [2.24, 2.45) is 5.92 Å². The summed E-state index contributed by atoms with van der Waals surface area (Å²) in [5.74, 6) is 1.25. The van der Waals surface area contributed by atoms with Crippen LogP contribution in [0.4, 0.5) is 0 Å². The Morgan fingerprint density at radius 1 is 1.40 bits per heavy atom. The molecule has 1 aliphatic rings. The minimum absolute atomic E-state index is 0.0392. The van der Waals surface area contributed by atoms with Crippen LogP contribution in [0.15, 0.2) is 24.3 Å². The second kappa shape index (κ2) is 6.68. The molecule has 20 heavy (non-hydrogen) atoms. The highest BCUT2D eigenvalue weighted by Gasteiger charge is 2.33. The average molecular weight is 316 g/mol. The Morgan fingerprint density at radius 3 is 2.75 bits per heavy atom. The third-order valence-corrected chi connectivity index (χ3v) is 4.85. The second-order valence-electron chi connectivity index (χ2n) is 5.21. The van der Waals surface area contributed by atoms with Gasteiger partial charge >= 0.3 is 0 Å². The summed E-state index contributed by atoms with van der Waals surface area (Å²) in [4.78, 5) is 12.4. The van der Waals surface area contributed by atoms with E-state index in [4.69, 9.17) is 27.9 Å². The maximum absolute atomic E-state index is 12.4. The number of fused-ring (bicyclic) bond motifs is 1. The molecule has 1 atom stereocenters. The quantitative estimate of drug-likeness (QED) is 0.848. The number of halogens is 2. The number of alkyl halides is 2. The van der Waals surface area contributed by atoms with Crippen LogP contribution in [-0.2, 0) is 11.2 Å². The van der Waals surface area contributed by atoms with Crippen molar-refractivity contribution < 1.29 is 9.53 Å². The van der Waals surface area contributed by atoms with E-state index >= 15 is 0 Å². The lowest BCUT2D eigenvalue weighted by molar-refractivity contribution is -0.127. The number of benzene rings is 1. The minimum Gasteiger partial charge on any atom is -0.492 e. The molecule has 0 saturated carbocycles. The fraction of sp³-hybridized carbons (Fsp3) is 0.533. The molecule has 0 radical (unpaired) electrons. The van der Waals surface area contributed by atoms with Crippen molar-refractivity contribution in [1.29, 1.82) is 0 Å². The van der Waals surface area contributed by atoms with Gasteiger partial charge < -0.3 is 10.1 Å². The summed E-state index contributed by atoms with van der Waals surface area (Å²) in [5.41, 5.74) is 0.537. The summed E-state index contributed by atoms with van der Waals surface area (Å²) < 4.78 is 5.65. The summed E-state index contributed by atoms with van der Waals surface area (Å²) in [6, 6.07) is 7.81. The summed E-state index contributed by atoms with van der Waals surface area (Å²) in [7, 11) is 0. The van der Waals surface area contributed by atoms with Gasteiger partial charge in [0.1, 0.15) is 12.4 Å². The first-order chi connectivity index (χ1) is 9.64. The van der Waals surface area contributed by atoms with Crippen LogP contribution < -0.4 is 10.1 Å². The average Bonchev–Trinajstić information content (AvgIpc) is 2.52. The van der Waals surface area contributed by atoms with Crippen LogP contribution >= 0.6 is 23.2 Å². The Bertz CT molecular complexity index is 466. The van der Waals surface area contributed by atoms with E-state index in [2.05, 4.69) is 5.32 Å². The van der Waals surface area contributed by atoms with Crippen LogP contribution in [0.5, 0.6) is 5.75 Å². The molecule has 1 unspecified atom stereocenters. The number of ether oxygens (including phenoxy) is 1. The minimum atomic E-state index is -0.531. The van der Waals surface area contributed by atoms with Crippen LogP contribution in [-0.4, -0.2) is 29.8 Å². The molecule has 1 aromatic rings. The van der Waals surface area contributed by atoms with Crippen molar-refractivity contribution in [2.75, 3.05) is 18.4 Å². The van der Waals surface area contributed by atoms with Gasteiger partial charge in [0.2, 0.25) is 5.91 Å². The highest BCUT2D eigenvalue weighted by atomic mass is 35.5. The lowest BCUT2D eigenvalue weighted by atomic mass is 9.94. The maximum atomic E-state index is 12.4. The van der Waals surface area contributed by atoms with Crippen molar-refractivity contribution >= 4 is 29.1 Å². The molecule has 0 aliphatic carbocycles. The van der Waals surface area contributed by atoms with Gasteiger partial charge in [0.15, 0.2) is 0 Å². The molecule has 0 saturated heterocycles. The molecule has 0 bridgehead atoms. The van der Waals surface area contributed by atoms with Gasteiger partial charge in [0.25, 0.3) is 0 Å². The Kier molecular flexibility index (Phi) is 5.17. The number of amides is 1. The van der Waals surface area contributed by atoms with E-state index in [9.17, 15) is 4.79 Å². The molecule has 1 amide bonds. The SMILES string of the molecule is CCC(CCl)(CCl)NC(=O)C1COc2ccccc2C1. The topological polar surface area (TPSA) is 38.3 Å². The molecule has 1 aromatic carbocycles. The van der Waals surface area contributed by atoms with Gasteiger partial charge in [-0.25, -0.2) is 0 Å². The fourth-order valence-electron chi connectivity index (χ4n) is 2.24. The van der Waals surface area contributed by atoms with Crippen molar-refractivity contribution in [1.82, 2.24) is 5.32 Å². The van der Waals surface area contributed by atoms with E-state index in [0.29, 0.717) is 31.2 Å². The van der Waals surface area contributed by atoms with Crippen molar-refractivity contribution in [3.05, 3.63) is 29.8 Å². The normalized spacial score (nSPS) is 18.1. The molecular formula is C15H19Cl2NO2. The van der Waals surface area contributed by atoms with Gasteiger partial charge in [0, 0.05) is 11.8 Å². The molecule has 2 rings (SSSR count). The molecule has 1 heterocycles. The Labute approximate surface area is 129 Å². The van der Waals surface area contributed by atoms with E-state index < -0.39 is 5.54 Å². The molecule has 110 valence electrons. The van der Waals surface area contributed by atoms with Crippen LogP contribution in [0.1, 0.15) is 18.9 Å². The largest absolute Gasteiger partial charge is 0.492 e. The fourth-order valence-corrected chi connectivity index (χ4v) is 3.04. The van der Waals surface area contributed by atoms with Gasteiger partial charge in [-0.1, -0.05) is 25.1 Å². The molecule has 0 aromatic heterocycles. The van der Waals surface area contributed by atoms with E-state index in [0.717, 1.165) is 11.3 Å². The Balaban J connectivity index is 2.05. The number of rotatable bonds is 5. The molecule has 0 spiro atoms. The number of hydrogen-bond donors (Lipinski definition) is 1. The highest BCUT2D eigenvalue weighted by molar-refractivity contribution is 6.22. The number of nitrogens with one attached hydrogen (secondary N) is 1. The summed E-state index contributed by atoms with van der Waals surface area (Å²) in [6.45, 7) is 2.37. The first kappa shape index (κ1) is 15.5. The Morgan fingerprint density at radius 2 is 2.10 bits per heavy atom. The summed E-state index contributed by atoms with van der Waals surface area (Å²) in [6.07, 6.45) is 1.39. The van der Waals surface area contributed by atoms with Gasteiger partial charge in [-0.3, -0.25) is 4.79 Å². The molecule has 1 N–H and O–H groups in total. The van der Waals surface area contributed by atoms with Crippen molar-refractivity contribution in [3.8, 4) is 5.75 Å². The number of para-hydroxylation sites is 1. The Hall–Kier alpha value is -0.930. The zero-order valence-corrected chi connectivity index (χ0v) is 13.0. The molecular weight excluding hydrogens is 297 g/mol. The lowest BCUT2D eigenvalue weighted by Crippen LogP contribution is -2.54. The van der Waals surface area contributed by atoms with E-state index in [1.54, 1.807) is 0 Å². The number of hydrogen-bond acceptors (Lipinski definition) is 2. The van der Waals surface area contributed by atoms with Gasteiger partial charge in [-0.2, -0.15) is 0 Å². The molecule has 1 aliphatic heterocycles. The van der Waals surface area contributed by atoms with Crippen LogP contribution in [0.25, 0.3) is 0 Å². The van der Waals surface area contributed by atoms with E-state index in [1.165, 1.54) is 0 Å². The summed E-state index contributed by atoms with van der Waals surface area (Å²) >= 11 is 11.9. The van der Waals surface area contributed by atoms with Crippen LogP contribution in [0.3, 0.4) is 0 Å². The standard InChI is InChI=1S/C15H19Cl2NO2/c1-2-15(9-16,10-17)18-14(19)12-7-11-5-3-4-6-13(11)20-8-12/h3-6,12H,2,7-10H2,1H3,(H,18,19). The molecule has 0 fully saturated rings. The lowest BCUT2D eigenvalue weighted by Gasteiger charge is -2.33. The predicted octanol–water partition coefficient (Wildman–Crippen LogP) is 2.98. The van der Waals surface area contributed by atoms with Crippen LogP contribution in [0, 0.1) is 5.92 Å². The third-order valence-electron chi connectivity index (χ3n) is 3.83.